The van der Waals surface area contributed by atoms with Gasteiger partial charge in [0, 0.05) is 17.6 Å². The molecular weight excluding hydrogens is 272 g/mol. The number of nitrogens with one attached hydrogen (secondary N) is 2. The first-order valence-electron chi connectivity index (χ1n) is 7.44. The molecule has 0 heterocycles. The zero-order chi connectivity index (χ0) is 14.4. The molecule has 0 spiro atoms. The van der Waals surface area contributed by atoms with Gasteiger partial charge in [-0.3, -0.25) is 0 Å². The van der Waals surface area contributed by atoms with E-state index in [9.17, 15) is 4.79 Å². The Morgan fingerprint density at radius 3 is 2.65 bits per heavy atom. The molecule has 0 saturated heterocycles. The molecule has 2 amide bonds. The van der Waals surface area contributed by atoms with Gasteiger partial charge in [0.2, 0.25) is 0 Å². The van der Waals surface area contributed by atoms with Gasteiger partial charge in [-0.15, -0.1) is 0 Å². The summed E-state index contributed by atoms with van der Waals surface area (Å²) in [6.45, 7) is 2.87. The Kier molecular flexibility index (Phi) is 5.72. The third-order valence-electron chi connectivity index (χ3n) is 4.04. The highest BCUT2D eigenvalue weighted by atomic mass is 35.5. The predicted octanol–water partition coefficient (Wildman–Crippen LogP) is 3.76. The lowest BCUT2D eigenvalue weighted by atomic mass is 9.86. The summed E-state index contributed by atoms with van der Waals surface area (Å²) in [6, 6.07) is 8.02. The zero-order valence-electron chi connectivity index (χ0n) is 12.0. The summed E-state index contributed by atoms with van der Waals surface area (Å²) >= 11 is 5.84. The molecule has 1 saturated carbocycles. The van der Waals surface area contributed by atoms with Gasteiger partial charge in [-0.2, -0.15) is 0 Å². The summed E-state index contributed by atoms with van der Waals surface area (Å²) < 4.78 is 0. The lowest BCUT2D eigenvalue weighted by Gasteiger charge is -2.29. The van der Waals surface area contributed by atoms with Crippen molar-refractivity contribution < 1.29 is 4.79 Å². The van der Waals surface area contributed by atoms with Gasteiger partial charge in [-0.05, 0) is 42.9 Å². The van der Waals surface area contributed by atoms with E-state index in [2.05, 4.69) is 17.6 Å². The fourth-order valence-electron chi connectivity index (χ4n) is 2.72. The maximum absolute atomic E-state index is 11.9. The zero-order valence-corrected chi connectivity index (χ0v) is 12.7. The van der Waals surface area contributed by atoms with Crippen molar-refractivity contribution in [2.24, 2.45) is 5.92 Å². The van der Waals surface area contributed by atoms with Gasteiger partial charge < -0.3 is 10.6 Å². The highest BCUT2D eigenvalue weighted by Crippen LogP contribution is 2.23. The van der Waals surface area contributed by atoms with Crippen molar-refractivity contribution in [3.63, 3.8) is 0 Å². The van der Waals surface area contributed by atoms with E-state index in [0.29, 0.717) is 18.5 Å². The quantitative estimate of drug-likeness (QED) is 0.872. The molecule has 20 heavy (non-hydrogen) atoms. The molecule has 2 N–H and O–H groups in total. The van der Waals surface area contributed by atoms with E-state index in [1.54, 1.807) is 0 Å². The highest BCUT2D eigenvalue weighted by Gasteiger charge is 2.22. The Morgan fingerprint density at radius 2 is 1.95 bits per heavy atom. The summed E-state index contributed by atoms with van der Waals surface area (Å²) in [5.41, 5.74) is 1.18. The number of hydrogen-bond donors (Lipinski definition) is 2. The first-order valence-corrected chi connectivity index (χ1v) is 7.82. The molecule has 0 radical (unpaired) electrons. The van der Waals surface area contributed by atoms with E-state index in [4.69, 9.17) is 11.6 Å². The summed E-state index contributed by atoms with van der Waals surface area (Å²) in [5.74, 6) is 0.589. The van der Waals surface area contributed by atoms with E-state index in [0.717, 1.165) is 17.9 Å². The van der Waals surface area contributed by atoms with Crippen LogP contribution in [0.15, 0.2) is 24.3 Å². The maximum Gasteiger partial charge on any atom is 0.315 e. The van der Waals surface area contributed by atoms with Crippen molar-refractivity contribution in [1.82, 2.24) is 10.6 Å². The molecule has 0 aromatic heterocycles. The lowest BCUT2D eigenvalue weighted by Crippen LogP contribution is -2.46. The minimum atomic E-state index is -0.0438. The monoisotopic (exact) mass is 294 g/mol. The van der Waals surface area contributed by atoms with Gasteiger partial charge in [0.05, 0.1) is 0 Å². The molecule has 1 fully saturated rings. The Morgan fingerprint density at radius 1 is 1.25 bits per heavy atom. The van der Waals surface area contributed by atoms with Gasteiger partial charge in [0.1, 0.15) is 0 Å². The first-order chi connectivity index (χ1) is 9.65. The van der Waals surface area contributed by atoms with Crippen molar-refractivity contribution >= 4 is 17.6 Å². The highest BCUT2D eigenvalue weighted by molar-refractivity contribution is 6.30. The molecule has 1 aliphatic rings. The van der Waals surface area contributed by atoms with Crippen LogP contribution in [0.4, 0.5) is 4.79 Å². The number of benzene rings is 1. The molecule has 3 nitrogen and oxygen atoms in total. The van der Waals surface area contributed by atoms with Crippen LogP contribution >= 0.6 is 11.6 Å². The second kappa shape index (κ2) is 7.53. The number of hydrogen-bond acceptors (Lipinski definition) is 1. The normalized spacial score (nSPS) is 22.3. The largest absolute Gasteiger partial charge is 0.338 e. The van der Waals surface area contributed by atoms with Crippen molar-refractivity contribution in [1.29, 1.82) is 0 Å². The minimum Gasteiger partial charge on any atom is -0.338 e. The van der Waals surface area contributed by atoms with Crippen molar-refractivity contribution in [2.75, 3.05) is 6.54 Å². The average Bonchev–Trinajstić information content (AvgIpc) is 2.44. The molecule has 1 aromatic carbocycles. The molecular formula is C16H23ClN2O. The van der Waals surface area contributed by atoms with Crippen LogP contribution in [-0.2, 0) is 6.42 Å². The van der Waals surface area contributed by atoms with Crippen LogP contribution in [-0.4, -0.2) is 18.6 Å². The van der Waals surface area contributed by atoms with Crippen LogP contribution < -0.4 is 10.6 Å². The van der Waals surface area contributed by atoms with Crippen LogP contribution in [0.3, 0.4) is 0 Å². The molecule has 110 valence electrons. The molecule has 2 unspecified atom stereocenters. The number of carbonyl (C=O) groups excluding carboxylic acids is 1. The first kappa shape index (κ1) is 15.2. The molecule has 0 aliphatic heterocycles. The van der Waals surface area contributed by atoms with Gasteiger partial charge in [0.25, 0.3) is 0 Å². The Balaban J connectivity index is 1.68. The fourth-order valence-corrected chi connectivity index (χ4v) is 2.85. The Hall–Kier alpha value is -1.22. The molecule has 2 atom stereocenters. The fraction of sp³-hybridized carbons (Fsp3) is 0.562. The van der Waals surface area contributed by atoms with Crippen LogP contribution in [0.2, 0.25) is 5.02 Å². The number of halogens is 1. The summed E-state index contributed by atoms with van der Waals surface area (Å²) in [4.78, 5) is 11.9. The number of rotatable bonds is 4. The van der Waals surface area contributed by atoms with Crippen LogP contribution in [0.25, 0.3) is 0 Å². The Bertz CT molecular complexity index is 433. The average molecular weight is 295 g/mol. The molecule has 4 heteroatoms. The second-order valence-electron chi connectivity index (χ2n) is 5.64. The Labute approximate surface area is 126 Å². The predicted molar refractivity (Wildman–Crippen MR) is 83.1 cm³/mol. The third-order valence-corrected chi connectivity index (χ3v) is 4.29. The van der Waals surface area contributed by atoms with Gasteiger partial charge in [-0.25, -0.2) is 4.79 Å². The minimum absolute atomic E-state index is 0.0438. The van der Waals surface area contributed by atoms with E-state index >= 15 is 0 Å². The standard InChI is InChI=1S/C16H23ClN2O/c1-12-4-2-3-5-15(12)19-16(20)18-11-10-13-6-8-14(17)9-7-13/h6-9,12,15H,2-5,10-11H2,1H3,(H2,18,19,20). The number of amides is 2. The van der Waals surface area contributed by atoms with E-state index in [-0.39, 0.29) is 6.03 Å². The number of urea groups is 1. The third kappa shape index (κ3) is 4.71. The smallest absolute Gasteiger partial charge is 0.315 e. The molecule has 1 aromatic rings. The van der Waals surface area contributed by atoms with Crippen LogP contribution in [0.1, 0.15) is 38.2 Å². The molecule has 1 aliphatic carbocycles. The van der Waals surface area contributed by atoms with Crippen molar-refractivity contribution in [3.05, 3.63) is 34.9 Å². The van der Waals surface area contributed by atoms with E-state index in [1.165, 1.54) is 24.8 Å². The maximum atomic E-state index is 11.9. The summed E-state index contributed by atoms with van der Waals surface area (Å²) in [6.07, 6.45) is 5.66. The van der Waals surface area contributed by atoms with Crippen LogP contribution in [0.5, 0.6) is 0 Å². The summed E-state index contributed by atoms with van der Waals surface area (Å²) in [5, 5.41) is 6.76. The van der Waals surface area contributed by atoms with Gasteiger partial charge in [-0.1, -0.05) is 43.5 Å². The van der Waals surface area contributed by atoms with Crippen LogP contribution in [0, 0.1) is 5.92 Å². The van der Waals surface area contributed by atoms with E-state index in [1.807, 2.05) is 24.3 Å². The van der Waals surface area contributed by atoms with E-state index < -0.39 is 0 Å². The lowest BCUT2D eigenvalue weighted by molar-refractivity contribution is 0.222. The molecule has 0 bridgehead atoms. The van der Waals surface area contributed by atoms with Crippen molar-refractivity contribution in [2.45, 2.75) is 45.1 Å². The molecule has 2 rings (SSSR count). The SMILES string of the molecule is CC1CCCCC1NC(=O)NCCc1ccc(Cl)cc1. The van der Waals surface area contributed by atoms with Crippen molar-refractivity contribution in [3.8, 4) is 0 Å². The second-order valence-corrected chi connectivity index (χ2v) is 6.08. The van der Waals surface area contributed by atoms with Gasteiger partial charge >= 0.3 is 6.03 Å². The van der Waals surface area contributed by atoms with Gasteiger partial charge in [0.15, 0.2) is 0 Å². The summed E-state index contributed by atoms with van der Waals surface area (Å²) in [7, 11) is 0. The topological polar surface area (TPSA) is 41.1 Å². The number of carbonyl (C=O) groups is 1.